The van der Waals surface area contributed by atoms with Crippen molar-refractivity contribution in [1.82, 2.24) is 0 Å². The molecule has 1 aliphatic rings. The molecule has 1 unspecified atom stereocenters. The van der Waals surface area contributed by atoms with Crippen LogP contribution in [0.15, 0.2) is 77.9 Å². The Morgan fingerprint density at radius 2 is 1.67 bits per heavy atom. The lowest BCUT2D eigenvalue weighted by atomic mass is 9.97. The van der Waals surface area contributed by atoms with E-state index in [2.05, 4.69) is 17.9 Å². The van der Waals surface area contributed by atoms with Crippen LogP contribution < -0.4 is 0 Å². The third-order valence-electron chi connectivity index (χ3n) is 4.19. The Morgan fingerprint density at radius 1 is 0.958 bits per heavy atom. The molecule has 2 aromatic rings. The number of benzene rings is 2. The Kier molecular flexibility index (Phi) is 5.66. The molecule has 1 heteroatoms. The maximum Gasteiger partial charge on any atom is 0.112 e. The number of rotatable bonds is 3. The van der Waals surface area contributed by atoms with E-state index in [1.807, 2.05) is 66.7 Å². The second-order valence-electron chi connectivity index (χ2n) is 6.05. The van der Waals surface area contributed by atoms with Gasteiger partial charge >= 0.3 is 0 Å². The lowest BCUT2D eigenvalue weighted by Crippen LogP contribution is -2.00. The van der Waals surface area contributed by atoms with Crippen LogP contribution in [0.2, 0.25) is 0 Å². The Balaban J connectivity index is 1.93. The van der Waals surface area contributed by atoms with E-state index in [-0.39, 0.29) is 0 Å². The predicted molar refractivity (Wildman–Crippen MR) is 100 cm³/mol. The van der Waals surface area contributed by atoms with Gasteiger partial charge in [-0.25, -0.2) is 0 Å². The fourth-order valence-electron chi connectivity index (χ4n) is 2.83. The van der Waals surface area contributed by atoms with Gasteiger partial charge in [0.2, 0.25) is 0 Å². The predicted octanol–water partition coefficient (Wildman–Crippen LogP) is 5.31. The van der Waals surface area contributed by atoms with Crippen molar-refractivity contribution in [3.63, 3.8) is 0 Å². The van der Waals surface area contributed by atoms with Gasteiger partial charge in [0.1, 0.15) is 6.10 Å². The Bertz CT molecular complexity index is 773. The lowest BCUT2D eigenvalue weighted by molar-refractivity contribution is 0.222. The monoisotopic (exact) mass is 314 g/mol. The van der Waals surface area contributed by atoms with E-state index in [0.717, 1.165) is 29.5 Å². The highest BCUT2D eigenvalue weighted by atomic mass is 16.3. The van der Waals surface area contributed by atoms with Gasteiger partial charge in [-0.15, -0.1) is 0 Å². The van der Waals surface area contributed by atoms with Crippen LogP contribution in [-0.2, 0) is 0 Å². The minimum atomic E-state index is -0.705. The van der Waals surface area contributed by atoms with E-state index >= 15 is 0 Å². The van der Waals surface area contributed by atoms with Crippen molar-refractivity contribution in [2.75, 3.05) is 0 Å². The molecule has 0 fully saturated rings. The second-order valence-corrected chi connectivity index (χ2v) is 6.05. The molecular formula is C23H22O. The van der Waals surface area contributed by atoms with Gasteiger partial charge in [0, 0.05) is 5.57 Å². The molecule has 2 aromatic carbocycles. The molecule has 1 N–H and O–H groups in total. The molecule has 0 aromatic heterocycles. The maximum absolute atomic E-state index is 10.8. The molecule has 120 valence electrons. The van der Waals surface area contributed by atoms with Crippen molar-refractivity contribution >= 4 is 6.08 Å². The molecule has 0 saturated heterocycles. The van der Waals surface area contributed by atoms with E-state index in [1.165, 1.54) is 18.4 Å². The third-order valence-corrected chi connectivity index (χ3v) is 4.19. The second kappa shape index (κ2) is 8.34. The van der Waals surface area contributed by atoms with E-state index < -0.39 is 6.10 Å². The average Bonchev–Trinajstić information content (AvgIpc) is 2.67. The fraction of sp³-hybridized carbons (Fsp3) is 0.217. The van der Waals surface area contributed by atoms with Crippen molar-refractivity contribution in [3.8, 4) is 11.8 Å². The van der Waals surface area contributed by atoms with E-state index in [4.69, 9.17) is 0 Å². The SMILES string of the molecule is OC(/C(C#CC1=CCCCC1)=C/c1ccccc1)c1ccccc1. The molecule has 1 aliphatic carbocycles. The highest BCUT2D eigenvalue weighted by Gasteiger charge is 2.12. The summed E-state index contributed by atoms with van der Waals surface area (Å²) < 4.78 is 0. The van der Waals surface area contributed by atoms with Crippen LogP contribution in [0, 0.1) is 11.8 Å². The maximum atomic E-state index is 10.8. The van der Waals surface area contributed by atoms with Crippen molar-refractivity contribution in [3.05, 3.63) is 89.0 Å². The molecular weight excluding hydrogens is 292 g/mol. The zero-order chi connectivity index (χ0) is 16.6. The van der Waals surface area contributed by atoms with E-state index in [0.29, 0.717) is 0 Å². The van der Waals surface area contributed by atoms with Crippen molar-refractivity contribution in [2.24, 2.45) is 0 Å². The average molecular weight is 314 g/mol. The van der Waals surface area contributed by atoms with Crippen LogP contribution in [0.5, 0.6) is 0 Å². The first-order valence-electron chi connectivity index (χ1n) is 8.53. The minimum absolute atomic E-state index is 0.705. The van der Waals surface area contributed by atoms with Crippen molar-refractivity contribution < 1.29 is 5.11 Å². The summed E-state index contributed by atoms with van der Waals surface area (Å²) in [6.45, 7) is 0. The Labute approximate surface area is 144 Å². The van der Waals surface area contributed by atoms with Gasteiger partial charge < -0.3 is 5.11 Å². The van der Waals surface area contributed by atoms with Gasteiger partial charge in [0.25, 0.3) is 0 Å². The summed E-state index contributed by atoms with van der Waals surface area (Å²) >= 11 is 0. The van der Waals surface area contributed by atoms with Crippen molar-refractivity contribution in [1.29, 1.82) is 0 Å². The van der Waals surface area contributed by atoms with Crippen LogP contribution in [0.3, 0.4) is 0 Å². The summed E-state index contributed by atoms with van der Waals surface area (Å²) in [6, 6.07) is 19.7. The number of aliphatic hydroxyl groups is 1. The minimum Gasteiger partial charge on any atom is -0.383 e. The Hall–Kier alpha value is -2.56. The first-order chi connectivity index (χ1) is 11.8. The van der Waals surface area contributed by atoms with Crippen LogP contribution >= 0.6 is 0 Å². The fourth-order valence-corrected chi connectivity index (χ4v) is 2.83. The molecule has 1 nitrogen and oxygen atoms in total. The van der Waals surface area contributed by atoms with Crippen molar-refractivity contribution in [2.45, 2.75) is 31.8 Å². The normalized spacial score (nSPS) is 15.9. The highest BCUT2D eigenvalue weighted by Crippen LogP contribution is 2.24. The number of hydrogen-bond donors (Lipinski definition) is 1. The highest BCUT2D eigenvalue weighted by molar-refractivity contribution is 5.61. The molecule has 0 heterocycles. The third kappa shape index (κ3) is 4.47. The zero-order valence-corrected chi connectivity index (χ0v) is 13.8. The lowest BCUT2D eigenvalue weighted by Gasteiger charge is -2.12. The van der Waals surface area contributed by atoms with E-state index in [1.54, 1.807) is 0 Å². The number of aliphatic hydroxyl groups excluding tert-OH is 1. The van der Waals surface area contributed by atoms with E-state index in [9.17, 15) is 5.11 Å². The quantitative estimate of drug-likeness (QED) is 0.761. The summed E-state index contributed by atoms with van der Waals surface area (Å²) in [5.74, 6) is 6.50. The van der Waals surface area contributed by atoms with Gasteiger partial charge in [0.15, 0.2) is 0 Å². The standard InChI is InChI=1S/C23H22O/c24-23(21-14-8-3-9-15-21)22(18-20-12-6-2-7-13-20)17-16-19-10-4-1-5-11-19/h2-3,6-10,12-15,18,23-24H,1,4-5,11H2/b22-18+. The molecule has 3 rings (SSSR count). The molecule has 0 aliphatic heterocycles. The van der Waals surface area contributed by atoms with Crippen LogP contribution in [0.25, 0.3) is 6.08 Å². The largest absolute Gasteiger partial charge is 0.383 e. The molecule has 24 heavy (non-hydrogen) atoms. The van der Waals surface area contributed by atoms with Crippen LogP contribution in [0.4, 0.5) is 0 Å². The summed E-state index contributed by atoms with van der Waals surface area (Å²) in [6.07, 6.45) is 8.13. The summed E-state index contributed by atoms with van der Waals surface area (Å²) in [5.41, 5.74) is 3.85. The molecule has 1 atom stereocenters. The van der Waals surface area contributed by atoms with Gasteiger partial charge in [-0.05, 0) is 48.5 Å². The van der Waals surface area contributed by atoms with Crippen LogP contribution in [0.1, 0.15) is 42.9 Å². The first-order valence-corrected chi connectivity index (χ1v) is 8.53. The smallest absolute Gasteiger partial charge is 0.112 e. The van der Waals surface area contributed by atoms with Gasteiger partial charge in [-0.1, -0.05) is 78.6 Å². The summed E-state index contributed by atoms with van der Waals surface area (Å²) in [4.78, 5) is 0. The van der Waals surface area contributed by atoms with Gasteiger partial charge in [-0.2, -0.15) is 0 Å². The zero-order valence-electron chi connectivity index (χ0n) is 13.8. The summed E-state index contributed by atoms with van der Waals surface area (Å²) in [5, 5.41) is 10.8. The molecule has 0 saturated carbocycles. The van der Waals surface area contributed by atoms with Crippen LogP contribution in [-0.4, -0.2) is 5.11 Å². The first kappa shape index (κ1) is 16.3. The number of hydrogen-bond acceptors (Lipinski definition) is 1. The number of allylic oxidation sites excluding steroid dienone is 2. The Morgan fingerprint density at radius 3 is 2.33 bits per heavy atom. The summed E-state index contributed by atoms with van der Waals surface area (Å²) in [7, 11) is 0. The topological polar surface area (TPSA) is 20.2 Å². The molecule has 0 amide bonds. The van der Waals surface area contributed by atoms with Gasteiger partial charge in [0.05, 0.1) is 0 Å². The molecule has 0 bridgehead atoms. The van der Waals surface area contributed by atoms with Gasteiger partial charge in [-0.3, -0.25) is 0 Å². The molecule has 0 spiro atoms. The molecule has 0 radical (unpaired) electrons.